The Morgan fingerprint density at radius 1 is 1.05 bits per heavy atom. The fourth-order valence-corrected chi connectivity index (χ4v) is 2.61. The van der Waals surface area contributed by atoms with E-state index >= 15 is 0 Å². The predicted octanol–water partition coefficient (Wildman–Crippen LogP) is 0.592. The van der Waals surface area contributed by atoms with Crippen LogP contribution < -0.4 is 19.5 Å². The molecular weight excluding hydrogens is 268 g/mol. The zero-order chi connectivity index (χ0) is 14.3. The third kappa shape index (κ3) is 4.70. The van der Waals surface area contributed by atoms with E-state index in [0.29, 0.717) is 18.0 Å². The molecule has 1 aromatic carbocycles. The summed E-state index contributed by atoms with van der Waals surface area (Å²) in [4.78, 5) is 0.133. The second kappa shape index (κ2) is 7.32. The van der Waals surface area contributed by atoms with Crippen molar-refractivity contribution in [2.24, 2.45) is 0 Å². The molecule has 19 heavy (non-hydrogen) atoms. The van der Waals surface area contributed by atoms with E-state index in [0.717, 1.165) is 13.0 Å². The summed E-state index contributed by atoms with van der Waals surface area (Å²) in [5.74, 6) is 0.880. The summed E-state index contributed by atoms with van der Waals surface area (Å²) in [6, 6.07) is 4.55. The van der Waals surface area contributed by atoms with Crippen molar-refractivity contribution in [3.05, 3.63) is 18.2 Å². The van der Waals surface area contributed by atoms with Crippen molar-refractivity contribution in [3.63, 3.8) is 0 Å². The normalized spacial score (nSPS) is 11.3. The number of hydrogen-bond acceptors (Lipinski definition) is 5. The van der Waals surface area contributed by atoms with Gasteiger partial charge < -0.3 is 14.8 Å². The molecule has 0 radical (unpaired) electrons. The van der Waals surface area contributed by atoms with Crippen LogP contribution in [-0.4, -0.2) is 42.8 Å². The Labute approximate surface area is 114 Å². The Morgan fingerprint density at radius 3 is 2.11 bits per heavy atom. The van der Waals surface area contributed by atoms with Crippen molar-refractivity contribution >= 4 is 10.0 Å². The van der Waals surface area contributed by atoms with Gasteiger partial charge in [-0.2, -0.15) is 0 Å². The number of methoxy groups -OCH3 is 2. The summed E-state index contributed by atoms with van der Waals surface area (Å²) in [5, 5.41) is 2.96. The van der Waals surface area contributed by atoms with Gasteiger partial charge in [-0.05, 0) is 20.0 Å². The molecule has 0 aromatic heterocycles. The minimum atomic E-state index is -3.54. The van der Waals surface area contributed by atoms with Gasteiger partial charge in [0, 0.05) is 24.7 Å². The van der Waals surface area contributed by atoms with Gasteiger partial charge in [0.15, 0.2) is 0 Å². The van der Waals surface area contributed by atoms with E-state index in [1.807, 2.05) is 7.05 Å². The zero-order valence-electron chi connectivity index (χ0n) is 11.4. The lowest BCUT2D eigenvalue weighted by molar-refractivity contribution is 0.392. The number of benzene rings is 1. The molecule has 0 aliphatic rings. The average molecular weight is 288 g/mol. The van der Waals surface area contributed by atoms with Crippen molar-refractivity contribution < 1.29 is 17.9 Å². The topological polar surface area (TPSA) is 76.7 Å². The smallest absolute Gasteiger partial charge is 0.240 e. The van der Waals surface area contributed by atoms with Crippen LogP contribution in [0.1, 0.15) is 6.42 Å². The molecule has 7 heteroatoms. The molecule has 0 heterocycles. The minimum Gasteiger partial charge on any atom is -0.497 e. The fourth-order valence-electron chi connectivity index (χ4n) is 1.49. The lowest BCUT2D eigenvalue weighted by Crippen LogP contribution is -2.26. The van der Waals surface area contributed by atoms with Gasteiger partial charge >= 0.3 is 0 Å². The summed E-state index contributed by atoms with van der Waals surface area (Å²) in [7, 11) is 1.23. The Kier molecular flexibility index (Phi) is 6.07. The van der Waals surface area contributed by atoms with E-state index in [-0.39, 0.29) is 4.90 Å². The summed E-state index contributed by atoms with van der Waals surface area (Å²) >= 11 is 0. The number of rotatable bonds is 8. The third-order valence-corrected chi connectivity index (χ3v) is 3.97. The number of hydrogen-bond donors (Lipinski definition) is 2. The van der Waals surface area contributed by atoms with Crippen molar-refractivity contribution in [2.75, 3.05) is 34.4 Å². The van der Waals surface area contributed by atoms with Crippen molar-refractivity contribution in [1.82, 2.24) is 10.0 Å². The average Bonchev–Trinajstić information content (AvgIpc) is 2.43. The molecule has 0 atom stereocenters. The molecule has 0 fully saturated rings. The highest BCUT2D eigenvalue weighted by Crippen LogP contribution is 2.25. The second-order valence-electron chi connectivity index (χ2n) is 3.90. The van der Waals surface area contributed by atoms with Gasteiger partial charge in [-0.15, -0.1) is 0 Å². The van der Waals surface area contributed by atoms with Crippen molar-refractivity contribution in [1.29, 1.82) is 0 Å². The van der Waals surface area contributed by atoms with Crippen LogP contribution in [0.5, 0.6) is 11.5 Å². The van der Waals surface area contributed by atoms with Gasteiger partial charge in [0.25, 0.3) is 0 Å². The molecule has 0 unspecified atom stereocenters. The molecule has 0 saturated heterocycles. The Hall–Kier alpha value is -1.31. The van der Waals surface area contributed by atoms with E-state index < -0.39 is 10.0 Å². The largest absolute Gasteiger partial charge is 0.497 e. The first kappa shape index (κ1) is 15.7. The molecule has 1 rings (SSSR count). The Morgan fingerprint density at radius 2 is 1.63 bits per heavy atom. The molecule has 2 N–H and O–H groups in total. The summed E-state index contributed by atoms with van der Waals surface area (Å²) < 4.78 is 36.8. The number of nitrogens with one attached hydrogen (secondary N) is 2. The molecule has 6 nitrogen and oxygen atoms in total. The van der Waals surface area contributed by atoms with Gasteiger partial charge in [-0.25, -0.2) is 13.1 Å². The fraction of sp³-hybridized carbons (Fsp3) is 0.500. The number of ether oxygens (including phenoxy) is 2. The maximum absolute atomic E-state index is 12.1. The first-order valence-electron chi connectivity index (χ1n) is 5.91. The van der Waals surface area contributed by atoms with Crippen LogP contribution in [0.2, 0.25) is 0 Å². The molecular formula is C12H20N2O4S. The highest BCUT2D eigenvalue weighted by Gasteiger charge is 2.16. The maximum Gasteiger partial charge on any atom is 0.240 e. The van der Waals surface area contributed by atoms with Crippen LogP contribution in [0.4, 0.5) is 0 Å². The second-order valence-corrected chi connectivity index (χ2v) is 5.67. The minimum absolute atomic E-state index is 0.133. The summed E-state index contributed by atoms with van der Waals surface area (Å²) in [6.07, 6.45) is 0.719. The van der Waals surface area contributed by atoms with Crippen LogP contribution in [0.3, 0.4) is 0 Å². The molecule has 0 saturated carbocycles. The van der Waals surface area contributed by atoms with Gasteiger partial charge in [0.05, 0.1) is 19.1 Å². The van der Waals surface area contributed by atoms with E-state index in [9.17, 15) is 8.42 Å². The monoisotopic (exact) mass is 288 g/mol. The molecule has 108 valence electrons. The summed E-state index contributed by atoms with van der Waals surface area (Å²) in [5.41, 5.74) is 0. The molecule has 0 aliphatic carbocycles. The molecule has 1 aromatic rings. The maximum atomic E-state index is 12.1. The highest BCUT2D eigenvalue weighted by molar-refractivity contribution is 7.89. The van der Waals surface area contributed by atoms with Gasteiger partial charge in [-0.3, -0.25) is 0 Å². The highest BCUT2D eigenvalue weighted by atomic mass is 32.2. The molecule has 0 aliphatic heterocycles. The van der Waals surface area contributed by atoms with Crippen LogP contribution in [0.15, 0.2) is 23.1 Å². The lowest BCUT2D eigenvalue weighted by Gasteiger charge is -2.10. The Balaban J connectivity index is 2.87. The predicted molar refractivity (Wildman–Crippen MR) is 73.3 cm³/mol. The van der Waals surface area contributed by atoms with Crippen molar-refractivity contribution in [3.8, 4) is 11.5 Å². The van der Waals surface area contributed by atoms with E-state index in [4.69, 9.17) is 9.47 Å². The van der Waals surface area contributed by atoms with Gasteiger partial charge in [-0.1, -0.05) is 0 Å². The lowest BCUT2D eigenvalue weighted by atomic mass is 10.3. The SMILES string of the molecule is CNCCCNS(=O)(=O)c1cc(OC)cc(OC)c1. The van der Waals surface area contributed by atoms with Crippen molar-refractivity contribution in [2.45, 2.75) is 11.3 Å². The van der Waals surface area contributed by atoms with Crippen LogP contribution in [0, 0.1) is 0 Å². The van der Waals surface area contributed by atoms with E-state index in [1.165, 1.54) is 26.4 Å². The first-order valence-corrected chi connectivity index (χ1v) is 7.39. The Bertz CT molecular complexity index is 480. The van der Waals surface area contributed by atoms with Crippen LogP contribution in [0.25, 0.3) is 0 Å². The van der Waals surface area contributed by atoms with Gasteiger partial charge in [0.1, 0.15) is 11.5 Å². The van der Waals surface area contributed by atoms with E-state index in [1.54, 1.807) is 6.07 Å². The molecule has 0 amide bonds. The first-order chi connectivity index (χ1) is 9.03. The van der Waals surface area contributed by atoms with Gasteiger partial charge in [0.2, 0.25) is 10.0 Å². The van der Waals surface area contributed by atoms with Crippen LogP contribution in [-0.2, 0) is 10.0 Å². The quantitative estimate of drug-likeness (QED) is 0.685. The molecule has 0 spiro atoms. The van der Waals surface area contributed by atoms with Crippen LogP contribution >= 0.6 is 0 Å². The number of sulfonamides is 1. The third-order valence-electron chi connectivity index (χ3n) is 2.53. The van der Waals surface area contributed by atoms with E-state index in [2.05, 4.69) is 10.0 Å². The zero-order valence-corrected chi connectivity index (χ0v) is 12.2. The summed E-state index contributed by atoms with van der Waals surface area (Å²) in [6.45, 7) is 1.13. The standard InChI is InChI=1S/C12H20N2O4S/c1-13-5-4-6-14-19(15,16)12-8-10(17-2)7-11(9-12)18-3/h7-9,13-14H,4-6H2,1-3H3. The molecule has 0 bridgehead atoms.